The van der Waals surface area contributed by atoms with Gasteiger partial charge in [-0.05, 0) is 23.8 Å². The molecule has 0 spiro atoms. The van der Waals surface area contributed by atoms with Crippen molar-refractivity contribution in [1.29, 1.82) is 5.26 Å². The van der Waals surface area contributed by atoms with E-state index in [0.29, 0.717) is 17.1 Å². The van der Waals surface area contributed by atoms with E-state index in [9.17, 15) is 20.2 Å². The number of carbonyl (C=O) groups is 1. The van der Waals surface area contributed by atoms with Crippen LogP contribution in [0.4, 0.5) is 11.4 Å². The third-order valence-electron chi connectivity index (χ3n) is 4.19. The van der Waals surface area contributed by atoms with Crippen LogP contribution in [0, 0.1) is 21.4 Å². The Morgan fingerprint density at radius 1 is 1.17 bits per heavy atom. The quantitative estimate of drug-likeness (QED) is 0.332. The van der Waals surface area contributed by atoms with Gasteiger partial charge in [-0.25, -0.2) is 0 Å². The van der Waals surface area contributed by atoms with Crippen LogP contribution in [0.3, 0.4) is 0 Å². The summed E-state index contributed by atoms with van der Waals surface area (Å²) in [6.45, 7) is 0.545. The Labute approximate surface area is 171 Å². The maximum atomic E-state index is 12.6. The molecule has 10 heteroatoms. The number of hydrogen-bond donors (Lipinski definition) is 1. The smallest absolute Gasteiger partial charge is 0.296 e. The highest BCUT2D eigenvalue weighted by atomic mass is 16.6. The second-order valence-electron chi connectivity index (χ2n) is 6.01. The van der Waals surface area contributed by atoms with Gasteiger partial charge in [0.2, 0.25) is 0 Å². The van der Waals surface area contributed by atoms with E-state index in [1.54, 1.807) is 24.3 Å². The molecule has 0 unspecified atom stereocenters. The molecule has 1 aliphatic rings. The maximum absolute atomic E-state index is 12.6. The van der Waals surface area contributed by atoms with Gasteiger partial charge in [-0.15, -0.1) is 0 Å². The summed E-state index contributed by atoms with van der Waals surface area (Å²) < 4.78 is 21.1. The van der Waals surface area contributed by atoms with E-state index in [-0.39, 0.29) is 41.7 Å². The van der Waals surface area contributed by atoms with Crippen LogP contribution in [0.2, 0.25) is 0 Å². The number of anilines is 1. The summed E-state index contributed by atoms with van der Waals surface area (Å²) in [4.78, 5) is 23.4. The van der Waals surface area contributed by atoms with Crippen molar-refractivity contribution in [1.82, 2.24) is 0 Å². The molecule has 10 nitrogen and oxygen atoms in total. The van der Waals surface area contributed by atoms with Crippen LogP contribution in [0.5, 0.6) is 23.0 Å². The number of rotatable bonds is 6. The van der Waals surface area contributed by atoms with E-state index in [2.05, 4.69) is 5.32 Å². The van der Waals surface area contributed by atoms with Gasteiger partial charge in [-0.2, -0.15) is 5.26 Å². The van der Waals surface area contributed by atoms with E-state index in [0.717, 1.165) is 0 Å². The Hall–Kier alpha value is -4.26. The Balaban J connectivity index is 1.91. The minimum absolute atomic E-state index is 0.109. The molecule has 0 radical (unpaired) electrons. The van der Waals surface area contributed by atoms with Gasteiger partial charge in [0.05, 0.1) is 25.2 Å². The van der Waals surface area contributed by atoms with Gasteiger partial charge < -0.3 is 24.3 Å². The van der Waals surface area contributed by atoms with Gasteiger partial charge in [-0.3, -0.25) is 14.9 Å². The topological polar surface area (TPSA) is 133 Å². The summed E-state index contributed by atoms with van der Waals surface area (Å²) in [5.74, 6) is 0.583. The molecule has 30 heavy (non-hydrogen) atoms. The van der Waals surface area contributed by atoms with Crippen molar-refractivity contribution in [3.63, 3.8) is 0 Å². The number of nitrogens with zero attached hydrogens (tertiary/aromatic N) is 2. The molecule has 2 aromatic carbocycles. The van der Waals surface area contributed by atoms with Crippen molar-refractivity contribution in [3.05, 3.63) is 51.6 Å². The molecule has 2 aromatic rings. The molecule has 154 valence electrons. The first kappa shape index (κ1) is 20.5. The lowest BCUT2D eigenvalue weighted by Gasteiger charge is -2.19. The van der Waals surface area contributed by atoms with Gasteiger partial charge in [0.15, 0.2) is 23.0 Å². The summed E-state index contributed by atoms with van der Waals surface area (Å²) >= 11 is 0. The lowest BCUT2D eigenvalue weighted by Crippen LogP contribution is -2.18. The number of nitrogens with one attached hydrogen (secondary N) is 1. The molecule has 0 fully saturated rings. The Bertz CT molecular complexity index is 1070. The number of nitro groups is 1. The number of amides is 1. The van der Waals surface area contributed by atoms with Crippen molar-refractivity contribution >= 4 is 23.4 Å². The molecular formula is C20H17N3O7. The molecular weight excluding hydrogens is 394 g/mol. The summed E-state index contributed by atoms with van der Waals surface area (Å²) in [6.07, 6.45) is 1.33. The number of benzene rings is 2. The minimum Gasteiger partial charge on any atom is -0.493 e. The number of methoxy groups -OCH3 is 2. The highest BCUT2D eigenvalue weighted by molar-refractivity contribution is 6.10. The number of carbonyl (C=O) groups excluding carboxylic acids is 1. The van der Waals surface area contributed by atoms with Crippen molar-refractivity contribution in [2.24, 2.45) is 0 Å². The van der Waals surface area contributed by atoms with E-state index < -0.39 is 10.8 Å². The average molecular weight is 411 g/mol. The zero-order valence-corrected chi connectivity index (χ0v) is 16.1. The largest absolute Gasteiger partial charge is 0.493 e. The normalized spacial score (nSPS) is 12.5. The van der Waals surface area contributed by atoms with Crippen molar-refractivity contribution in [3.8, 4) is 29.1 Å². The van der Waals surface area contributed by atoms with Gasteiger partial charge in [0.1, 0.15) is 30.5 Å². The highest BCUT2D eigenvalue weighted by Gasteiger charge is 2.24. The predicted molar refractivity (Wildman–Crippen MR) is 106 cm³/mol. The van der Waals surface area contributed by atoms with Crippen LogP contribution in [-0.4, -0.2) is 38.3 Å². The molecule has 1 amide bonds. The van der Waals surface area contributed by atoms with Crippen LogP contribution in [0.1, 0.15) is 5.56 Å². The van der Waals surface area contributed by atoms with Gasteiger partial charge in [0, 0.05) is 6.07 Å². The Morgan fingerprint density at radius 3 is 2.43 bits per heavy atom. The number of nitro benzene ring substituents is 1. The lowest BCUT2D eigenvalue weighted by molar-refractivity contribution is -0.384. The SMILES string of the molecule is COc1ccc(/C=C(\C#N)C(=O)Nc2cc3c(cc2[N+](=O)[O-])OCCO3)cc1OC. The first-order chi connectivity index (χ1) is 14.5. The molecule has 0 atom stereocenters. The zero-order valence-electron chi connectivity index (χ0n) is 16.1. The second kappa shape index (κ2) is 8.83. The molecule has 0 aromatic heterocycles. The van der Waals surface area contributed by atoms with Crippen molar-refractivity contribution in [2.75, 3.05) is 32.8 Å². The van der Waals surface area contributed by atoms with E-state index in [4.69, 9.17) is 18.9 Å². The Kier molecular flexibility index (Phi) is 6.03. The van der Waals surface area contributed by atoms with Crippen LogP contribution in [0.15, 0.2) is 35.9 Å². The molecule has 3 rings (SSSR count). The van der Waals surface area contributed by atoms with Crippen molar-refractivity contribution in [2.45, 2.75) is 0 Å². The summed E-state index contributed by atoms with van der Waals surface area (Å²) in [5.41, 5.74) is -0.235. The highest BCUT2D eigenvalue weighted by Crippen LogP contribution is 2.39. The van der Waals surface area contributed by atoms with Crippen molar-refractivity contribution < 1.29 is 28.7 Å². The number of nitriles is 1. The third kappa shape index (κ3) is 4.25. The molecule has 1 N–H and O–H groups in total. The van der Waals surface area contributed by atoms with Crippen LogP contribution >= 0.6 is 0 Å². The molecule has 0 bridgehead atoms. The molecule has 0 saturated carbocycles. The predicted octanol–water partition coefficient (Wildman–Crippen LogP) is 2.93. The van der Waals surface area contributed by atoms with Crippen LogP contribution < -0.4 is 24.3 Å². The first-order valence-electron chi connectivity index (χ1n) is 8.70. The fourth-order valence-corrected chi connectivity index (χ4v) is 2.78. The average Bonchev–Trinajstić information content (AvgIpc) is 2.76. The minimum atomic E-state index is -0.813. The first-order valence-corrected chi connectivity index (χ1v) is 8.70. The molecule has 0 aliphatic carbocycles. The van der Waals surface area contributed by atoms with Gasteiger partial charge >= 0.3 is 0 Å². The fraction of sp³-hybridized carbons (Fsp3) is 0.200. The molecule has 1 heterocycles. The van der Waals surface area contributed by atoms with Crippen LogP contribution in [-0.2, 0) is 4.79 Å². The lowest BCUT2D eigenvalue weighted by atomic mass is 10.1. The van der Waals surface area contributed by atoms with Crippen LogP contribution in [0.25, 0.3) is 6.08 Å². The summed E-state index contributed by atoms with van der Waals surface area (Å²) in [7, 11) is 2.95. The fourth-order valence-electron chi connectivity index (χ4n) is 2.78. The van der Waals surface area contributed by atoms with E-state index in [1.165, 1.54) is 32.4 Å². The van der Waals surface area contributed by atoms with Gasteiger partial charge in [-0.1, -0.05) is 6.07 Å². The number of hydrogen-bond acceptors (Lipinski definition) is 8. The summed E-state index contributed by atoms with van der Waals surface area (Å²) in [6, 6.07) is 9.13. The van der Waals surface area contributed by atoms with E-state index in [1.807, 2.05) is 0 Å². The Morgan fingerprint density at radius 2 is 1.83 bits per heavy atom. The zero-order chi connectivity index (χ0) is 21.7. The number of fused-ring (bicyclic) bond motifs is 1. The molecule has 1 aliphatic heterocycles. The maximum Gasteiger partial charge on any atom is 0.296 e. The van der Waals surface area contributed by atoms with Gasteiger partial charge in [0.25, 0.3) is 11.6 Å². The third-order valence-corrected chi connectivity index (χ3v) is 4.19. The van der Waals surface area contributed by atoms with E-state index >= 15 is 0 Å². The molecule has 0 saturated heterocycles. The number of ether oxygens (including phenoxy) is 4. The standard InChI is InChI=1S/C20H17N3O7/c1-27-16-4-3-12(8-17(16)28-2)7-13(11-21)20(24)22-14-9-18-19(30-6-5-29-18)10-15(14)23(25)26/h3-4,7-10H,5-6H2,1-2H3,(H,22,24)/b13-7+. The summed E-state index contributed by atoms with van der Waals surface area (Å²) in [5, 5.41) is 23.2. The monoisotopic (exact) mass is 411 g/mol. The second-order valence-corrected chi connectivity index (χ2v) is 6.01.